The Kier molecular flexibility index (Phi) is 6.91. The molecule has 3 rings (SSSR count). The summed E-state index contributed by atoms with van der Waals surface area (Å²) in [7, 11) is 3.29. The Hall–Kier alpha value is -3.53. The molecule has 1 aromatic heterocycles. The van der Waals surface area contributed by atoms with E-state index in [1.54, 1.807) is 61.2 Å². The maximum absolute atomic E-state index is 12.3. The molecule has 0 fully saturated rings. The molecule has 10 heteroatoms. The van der Waals surface area contributed by atoms with Gasteiger partial charge in [-0.3, -0.25) is 9.59 Å². The topological polar surface area (TPSA) is 118 Å². The number of thioether (sulfide) groups is 1. The smallest absolute Gasteiger partial charge is 0.234 e. The third-order valence-corrected chi connectivity index (χ3v) is 5.13. The highest BCUT2D eigenvalue weighted by molar-refractivity contribution is 7.99. The van der Waals surface area contributed by atoms with Crippen LogP contribution in [0.3, 0.4) is 0 Å². The molecule has 0 aliphatic carbocycles. The molecule has 1 heterocycles. The molecule has 0 saturated heterocycles. The number of nitrogens with zero attached hydrogens (tertiary/aromatic N) is 3. The van der Waals surface area contributed by atoms with Crippen LogP contribution >= 0.6 is 11.8 Å². The Morgan fingerprint density at radius 1 is 1.10 bits per heavy atom. The number of para-hydroxylation sites is 2. The van der Waals surface area contributed by atoms with Crippen LogP contribution in [0.4, 0.5) is 11.4 Å². The summed E-state index contributed by atoms with van der Waals surface area (Å²) in [5.74, 6) is 0.663. The molecule has 0 unspecified atom stereocenters. The monoisotopic (exact) mass is 427 g/mol. The Morgan fingerprint density at radius 3 is 2.67 bits per heavy atom. The van der Waals surface area contributed by atoms with Crippen LogP contribution in [-0.4, -0.2) is 44.5 Å². The first-order chi connectivity index (χ1) is 14.5. The van der Waals surface area contributed by atoms with E-state index in [9.17, 15) is 14.7 Å². The number of hydrogen-bond acceptors (Lipinski definition) is 7. The van der Waals surface area contributed by atoms with Gasteiger partial charge in [-0.05, 0) is 24.3 Å². The second-order valence-corrected chi connectivity index (χ2v) is 7.21. The van der Waals surface area contributed by atoms with E-state index in [1.165, 1.54) is 17.8 Å². The molecule has 3 aromatic rings. The van der Waals surface area contributed by atoms with Crippen LogP contribution in [-0.2, 0) is 23.1 Å². The fourth-order valence-electron chi connectivity index (χ4n) is 2.57. The minimum absolute atomic E-state index is 0.00107. The largest absolute Gasteiger partial charge is 0.506 e. The summed E-state index contributed by atoms with van der Waals surface area (Å²) in [5, 5.41) is 23.7. The Morgan fingerprint density at radius 2 is 1.90 bits per heavy atom. The van der Waals surface area contributed by atoms with Crippen molar-refractivity contribution in [3.8, 4) is 11.5 Å². The highest BCUT2D eigenvalue weighted by Gasteiger charge is 2.15. The standard InChI is InChI=1S/C20H21N5O4S/c1-25-17(11-18(27)21-13-6-5-7-14(10-13)29-2)23-24-20(25)30-12-19(28)22-15-8-3-4-9-16(15)26/h3-10,26H,11-12H2,1-2H3,(H,21,27)(H,22,28). The molecule has 156 valence electrons. The summed E-state index contributed by atoms with van der Waals surface area (Å²) in [6, 6.07) is 13.6. The first-order valence-electron chi connectivity index (χ1n) is 8.99. The lowest BCUT2D eigenvalue weighted by Gasteiger charge is -2.08. The number of rotatable bonds is 8. The van der Waals surface area contributed by atoms with Crippen molar-refractivity contribution in [3.63, 3.8) is 0 Å². The molecular formula is C20H21N5O4S. The molecule has 2 amide bonds. The van der Waals surface area contributed by atoms with Gasteiger partial charge >= 0.3 is 0 Å². The van der Waals surface area contributed by atoms with Gasteiger partial charge < -0.3 is 25.0 Å². The number of carbonyl (C=O) groups excluding carboxylic acids is 2. The minimum atomic E-state index is -0.290. The van der Waals surface area contributed by atoms with Crippen molar-refractivity contribution in [2.24, 2.45) is 7.05 Å². The van der Waals surface area contributed by atoms with E-state index in [4.69, 9.17) is 4.74 Å². The molecule has 9 nitrogen and oxygen atoms in total. The molecule has 3 N–H and O–H groups in total. The summed E-state index contributed by atoms with van der Waals surface area (Å²) < 4.78 is 6.81. The van der Waals surface area contributed by atoms with E-state index in [-0.39, 0.29) is 29.7 Å². The zero-order chi connectivity index (χ0) is 21.5. The van der Waals surface area contributed by atoms with Crippen molar-refractivity contribution in [3.05, 3.63) is 54.4 Å². The molecule has 0 bridgehead atoms. The molecule has 0 saturated carbocycles. The van der Waals surface area contributed by atoms with Crippen LogP contribution in [0.2, 0.25) is 0 Å². The van der Waals surface area contributed by atoms with E-state index >= 15 is 0 Å². The van der Waals surface area contributed by atoms with Gasteiger partial charge in [-0.15, -0.1) is 10.2 Å². The number of benzene rings is 2. The van der Waals surface area contributed by atoms with Gasteiger partial charge in [0.15, 0.2) is 5.16 Å². The quantitative estimate of drug-likeness (QED) is 0.373. The fourth-order valence-corrected chi connectivity index (χ4v) is 3.30. The number of amides is 2. The Bertz CT molecular complexity index is 1050. The van der Waals surface area contributed by atoms with Crippen molar-refractivity contribution < 1.29 is 19.4 Å². The van der Waals surface area contributed by atoms with Crippen molar-refractivity contribution in [1.82, 2.24) is 14.8 Å². The fraction of sp³-hybridized carbons (Fsp3) is 0.200. The van der Waals surface area contributed by atoms with E-state index < -0.39 is 0 Å². The minimum Gasteiger partial charge on any atom is -0.506 e. The lowest BCUT2D eigenvalue weighted by molar-refractivity contribution is -0.116. The SMILES string of the molecule is COc1cccc(NC(=O)Cc2nnc(SCC(=O)Nc3ccccc3O)n2C)c1. The predicted molar refractivity (Wildman–Crippen MR) is 114 cm³/mol. The second-order valence-electron chi connectivity index (χ2n) is 6.27. The van der Waals surface area contributed by atoms with Crippen LogP contribution in [0, 0.1) is 0 Å². The number of ether oxygens (including phenoxy) is 1. The number of anilines is 2. The van der Waals surface area contributed by atoms with Crippen LogP contribution in [0.15, 0.2) is 53.7 Å². The van der Waals surface area contributed by atoms with Gasteiger partial charge in [-0.25, -0.2) is 0 Å². The van der Waals surface area contributed by atoms with E-state index in [1.807, 2.05) is 0 Å². The summed E-state index contributed by atoms with van der Waals surface area (Å²) in [5.41, 5.74) is 0.966. The Balaban J connectivity index is 1.54. The first-order valence-corrected chi connectivity index (χ1v) is 9.97. The average molecular weight is 427 g/mol. The van der Waals surface area contributed by atoms with Crippen molar-refractivity contribution in [2.75, 3.05) is 23.5 Å². The van der Waals surface area contributed by atoms with Crippen LogP contribution in [0.25, 0.3) is 0 Å². The third kappa shape index (κ3) is 5.51. The maximum atomic E-state index is 12.3. The zero-order valence-electron chi connectivity index (χ0n) is 16.5. The highest BCUT2D eigenvalue weighted by Crippen LogP contribution is 2.23. The number of hydrogen-bond donors (Lipinski definition) is 3. The summed E-state index contributed by atoms with van der Waals surface area (Å²) in [6.07, 6.45) is 0.0331. The average Bonchev–Trinajstić information content (AvgIpc) is 3.07. The van der Waals surface area contributed by atoms with Crippen molar-refractivity contribution in [1.29, 1.82) is 0 Å². The molecule has 2 aromatic carbocycles. The third-order valence-electron chi connectivity index (χ3n) is 4.11. The van der Waals surface area contributed by atoms with Gasteiger partial charge in [-0.2, -0.15) is 0 Å². The number of phenolic OH excluding ortho intramolecular Hbond substituents is 1. The number of aromatic nitrogens is 3. The van der Waals surface area contributed by atoms with Gasteiger partial charge in [0.05, 0.1) is 25.0 Å². The van der Waals surface area contributed by atoms with Gasteiger partial charge in [-0.1, -0.05) is 30.0 Å². The Labute approximate surface area is 177 Å². The normalized spacial score (nSPS) is 10.5. The van der Waals surface area contributed by atoms with Gasteiger partial charge in [0.2, 0.25) is 11.8 Å². The highest BCUT2D eigenvalue weighted by atomic mass is 32.2. The summed E-state index contributed by atoms with van der Waals surface area (Å²) in [6.45, 7) is 0. The molecule has 0 spiro atoms. The summed E-state index contributed by atoms with van der Waals surface area (Å²) in [4.78, 5) is 24.4. The predicted octanol–water partition coefficient (Wildman–Crippen LogP) is 2.44. The van der Waals surface area contributed by atoms with Crippen LogP contribution in [0.1, 0.15) is 5.82 Å². The summed E-state index contributed by atoms with van der Waals surface area (Å²) >= 11 is 1.18. The van der Waals surface area contributed by atoms with Gasteiger partial charge in [0.1, 0.15) is 17.3 Å². The van der Waals surface area contributed by atoms with Crippen molar-refractivity contribution >= 4 is 35.0 Å². The number of phenols is 1. The molecule has 0 aliphatic heterocycles. The van der Waals surface area contributed by atoms with Crippen LogP contribution < -0.4 is 15.4 Å². The lowest BCUT2D eigenvalue weighted by Crippen LogP contribution is -2.17. The zero-order valence-corrected chi connectivity index (χ0v) is 17.3. The van der Waals surface area contributed by atoms with E-state index in [0.717, 1.165) is 0 Å². The number of aromatic hydroxyl groups is 1. The molecule has 0 atom stereocenters. The molecular weight excluding hydrogens is 406 g/mol. The van der Waals surface area contributed by atoms with Gasteiger partial charge in [0.25, 0.3) is 0 Å². The van der Waals surface area contributed by atoms with E-state index in [0.29, 0.717) is 28.1 Å². The van der Waals surface area contributed by atoms with Crippen LogP contribution in [0.5, 0.6) is 11.5 Å². The first kappa shape index (κ1) is 21.2. The van der Waals surface area contributed by atoms with Crippen molar-refractivity contribution in [2.45, 2.75) is 11.6 Å². The molecule has 0 aliphatic rings. The van der Waals surface area contributed by atoms with E-state index in [2.05, 4.69) is 20.8 Å². The molecule has 0 radical (unpaired) electrons. The number of nitrogens with one attached hydrogen (secondary N) is 2. The number of carbonyl (C=O) groups is 2. The maximum Gasteiger partial charge on any atom is 0.234 e. The number of methoxy groups -OCH3 is 1. The lowest BCUT2D eigenvalue weighted by atomic mass is 10.3. The van der Waals surface area contributed by atoms with Gasteiger partial charge in [0, 0.05) is 18.8 Å². The molecule has 30 heavy (non-hydrogen) atoms. The second kappa shape index (κ2) is 9.79.